The Balaban J connectivity index is 2.12. The maximum Gasteiger partial charge on any atom is 0.338 e. The SMILES string of the molecule is C=CC(=O)OC(C)(C)COC(=O)c1cccc2ccccc12. The van der Waals surface area contributed by atoms with Gasteiger partial charge >= 0.3 is 11.9 Å². The first-order chi connectivity index (χ1) is 10.4. The van der Waals surface area contributed by atoms with Gasteiger partial charge in [0.25, 0.3) is 0 Å². The Labute approximate surface area is 129 Å². The van der Waals surface area contributed by atoms with Crippen molar-refractivity contribution in [1.29, 1.82) is 0 Å². The van der Waals surface area contributed by atoms with E-state index in [-0.39, 0.29) is 6.61 Å². The molecule has 4 nitrogen and oxygen atoms in total. The highest BCUT2D eigenvalue weighted by Crippen LogP contribution is 2.20. The van der Waals surface area contributed by atoms with Gasteiger partial charge in [-0.25, -0.2) is 9.59 Å². The summed E-state index contributed by atoms with van der Waals surface area (Å²) in [5, 5.41) is 1.80. The molecule has 0 N–H and O–H groups in total. The molecule has 4 heteroatoms. The fourth-order valence-electron chi connectivity index (χ4n) is 2.06. The molecule has 2 aromatic rings. The van der Waals surface area contributed by atoms with E-state index in [0.717, 1.165) is 16.8 Å². The van der Waals surface area contributed by atoms with Crippen molar-refractivity contribution in [2.45, 2.75) is 19.4 Å². The minimum absolute atomic E-state index is 0.0331. The van der Waals surface area contributed by atoms with Crippen LogP contribution in [-0.4, -0.2) is 24.1 Å². The van der Waals surface area contributed by atoms with Gasteiger partial charge in [0.15, 0.2) is 0 Å². The molecule has 2 aromatic carbocycles. The number of carbonyl (C=O) groups excluding carboxylic acids is 2. The second-order valence-corrected chi connectivity index (χ2v) is 5.49. The van der Waals surface area contributed by atoms with Crippen LogP contribution in [0.25, 0.3) is 10.8 Å². The van der Waals surface area contributed by atoms with E-state index in [1.807, 2.05) is 36.4 Å². The van der Waals surface area contributed by atoms with E-state index < -0.39 is 17.5 Å². The van der Waals surface area contributed by atoms with Crippen molar-refractivity contribution in [1.82, 2.24) is 0 Å². The van der Waals surface area contributed by atoms with Crippen molar-refractivity contribution in [2.75, 3.05) is 6.61 Å². The summed E-state index contributed by atoms with van der Waals surface area (Å²) < 4.78 is 10.4. The number of ether oxygens (including phenoxy) is 2. The molecule has 0 unspecified atom stereocenters. The van der Waals surface area contributed by atoms with Crippen LogP contribution in [0.15, 0.2) is 55.1 Å². The molecule has 0 aliphatic rings. The van der Waals surface area contributed by atoms with E-state index in [1.54, 1.807) is 19.9 Å². The summed E-state index contributed by atoms with van der Waals surface area (Å²) in [6, 6.07) is 13.0. The van der Waals surface area contributed by atoms with E-state index in [0.29, 0.717) is 5.56 Å². The van der Waals surface area contributed by atoms with Gasteiger partial charge in [-0.15, -0.1) is 0 Å². The molecule has 22 heavy (non-hydrogen) atoms. The molecule has 0 bridgehead atoms. The molecule has 0 fully saturated rings. The summed E-state index contributed by atoms with van der Waals surface area (Å²) in [4.78, 5) is 23.5. The third-order valence-electron chi connectivity index (χ3n) is 3.10. The van der Waals surface area contributed by atoms with Crippen LogP contribution >= 0.6 is 0 Å². The Morgan fingerprint density at radius 2 is 1.82 bits per heavy atom. The molecule has 0 heterocycles. The minimum Gasteiger partial charge on any atom is -0.458 e. The Morgan fingerprint density at radius 1 is 1.14 bits per heavy atom. The van der Waals surface area contributed by atoms with Crippen LogP contribution in [0.4, 0.5) is 0 Å². The lowest BCUT2D eigenvalue weighted by atomic mass is 10.0. The summed E-state index contributed by atoms with van der Waals surface area (Å²) in [6.45, 7) is 6.65. The average molecular weight is 298 g/mol. The molecule has 0 saturated heterocycles. The van der Waals surface area contributed by atoms with Crippen LogP contribution in [0.1, 0.15) is 24.2 Å². The van der Waals surface area contributed by atoms with Crippen molar-refractivity contribution in [3.05, 3.63) is 60.7 Å². The first-order valence-corrected chi connectivity index (χ1v) is 6.93. The molecule has 0 aliphatic heterocycles. The predicted molar refractivity (Wildman–Crippen MR) is 84.6 cm³/mol. The summed E-state index contributed by atoms with van der Waals surface area (Å²) >= 11 is 0. The summed E-state index contributed by atoms with van der Waals surface area (Å²) in [6.07, 6.45) is 1.08. The highest BCUT2D eigenvalue weighted by Gasteiger charge is 2.24. The fraction of sp³-hybridized carbons (Fsp3) is 0.222. The summed E-state index contributed by atoms with van der Waals surface area (Å²) in [5.41, 5.74) is -0.421. The number of hydrogen-bond acceptors (Lipinski definition) is 4. The van der Waals surface area contributed by atoms with Crippen molar-refractivity contribution in [3.8, 4) is 0 Å². The van der Waals surface area contributed by atoms with Gasteiger partial charge in [-0.3, -0.25) is 0 Å². The summed E-state index contributed by atoms with van der Waals surface area (Å²) in [5.74, 6) is -0.995. The first kappa shape index (κ1) is 15.8. The maximum atomic E-state index is 12.3. The van der Waals surface area contributed by atoms with Crippen molar-refractivity contribution in [3.63, 3.8) is 0 Å². The van der Waals surface area contributed by atoms with Gasteiger partial charge in [0.05, 0.1) is 5.56 Å². The average Bonchev–Trinajstić information content (AvgIpc) is 2.51. The van der Waals surface area contributed by atoms with Crippen molar-refractivity contribution < 1.29 is 19.1 Å². The van der Waals surface area contributed by atoms with Gasteiger partial charge in [-0.1, -0.05) is 43.0 Å². The second kappa shape index (κ2) is 6.43. The number of carbonyl (C=O) groups is 2. The molecule has 0 aromatic heterocycles. The van der Waals surface area contributed by atoms with Gasteiger partial charge in [0, 0.05) is 6.08 Å². The van der Waals surface area contributed by atoms with E-state index >= 15 is 0 Å². The van der Waals surface area contributed by atoms with E-state index in [2.05, 4.69) is 6.58 Å². The lowest BCUT2D eigenvalue weighted by Gasteiger charge is -2.24. The Hall–Kier alpha value is -2.62. The zero-order valence-electron chi connectivity index (χ0n) is 12.7. The largest absolute Gasteiger partial charge is 0.458 e. The van der Waals surface area contributed by atoms with Gasteiger partial charge in [0.1, 0.15) is 12.2 Å². The number of benzene rings is 2. The van der Waals surface area contributed by atoms with E-state index in [4.69, 9.17) is 9.47 Å². The third-order valence-corrected chi connectivity index (χ3v) is 3.10. The first-order valence-electron chi connectivity index (χ1n) is 6.93. The molecule has 114 valence electrons. The molecule has 0 aliphatic carbocycles. The fourth-order valence-corrected chi connectivity index (χ4v) is 2.06. The highest BCUT2D eigenvalue weighted by molar-refractivity contribution is 6.04. The lowest BCUT2D eigenvalue weighted by molar-refractivity contribution is -0.153. The molecular formula is C18H18O4. The predicted octanol–water partition coefficient (Wildman–Crippen LogP) is 3.50. The molecule has 0 amide bonds. The smallest absolute Gasteiger partial charge is 0.338 e. The van der Waals surface area contributed by atoms with Crippen molar-refractivity contribution in [2.24, 2.45) is 0 Å². The standard InChI is InChI=1S/C18H18O4/c1-4-16(19)22-18(2,3)12-21-17(20)15-11-7-9-13-8-5-6-10-14(13)15/h4-11H,1,12H2,2-3H3. The van der Waals surface area contributed by atoms with Gasteiger partial charge < -0.3 is 9.47 Å². The van der Waals surface area contributed by atoms with E-state index in [1.165, 1.54) is 0 Å². The number of fused-ring (bicyclic) bond motifs is 1. The van der Waals surface area contributed by atoms with Crippen LogP contribution in [0.3, 0.4) is 0 Å². The lowest BCUT2D eigenvalue weighted by Crippen LogP contribution is -2.34. The third kappa shape index (κ3) is 3.73. The number of esters is 2. The van der Waals surface area contributed by atoms with Crippen molar-refractivity contribution >= 4 is 22.7 Å². The zero-order valence-corrected chi connectivity index (χ0v) is 12.7. The molecule has 0 spiro atoms. The second-order valence-electron chi connectivity index (χ2n) is 5.49. The minimum atomic E-state index is -0.911. The summed E-state index contributed by atoms with van der Waals surface area (Å²) in [7, 11) is 0. The van der Waals surface area contributed by atoms with E-state index in [9.17, 15) is 9.59 Å². The number of rotatable bonds is 5. The molecule has 0 atom stereocenters. The van der Waals surface area contributed by atoms with Crippen LogP contribution < -0.4 is 0 Å². The highest BCUT2D eigenvalue weighted by atomic mass is 16.6. The molecule has 0 radical (unpaired) electrons. The van der Waals surface area contributed by atoms with Gasteiger partial charge in [0.2, 0.25) is 0 Å². The Morgan fingerprint density at radius 3 is 2.55 bits per heavy atom. The topological polar surface area (TPSA) is 52.6 Å². The quantitative estimate of drug-likeness (QED) is 0.626. The maximum absolute atomic E-state index is 12.3. The Kier molecular flexibility index (Phi) is 4.61. The monoisotopic (exact) mass is 298 g/mol. The number of hydrogen-bond donors (Lipinski definition) is 0. The normalized spacial score (nSPS) is 11.0. The van der Waals surface area contributed by atoms with Crippen LogP contribution in [0, 0.1) is 0 Å². The van der Waals surface area contributed by atoms with Crippen LogP contribution in [-0.2, 0) is 14.3 Å². The molecular weight excluding hydrogens is 280 g/mol. The van der Waals surface area contributed by atoms with Crippen LogP contribution in [0.2, 0.25) is 0 Å². The van der Waals surface area contributed by atoms with Gasteiger partial charge in [-0.05, 0) is 30.7 Å². The zero-order chi connectivity index (χ0) is 16.2. The Bertz CT molecular complexity index is 711. The molecule has 0 saturated carbocycles. The van der Waals surface area contributed by atoms with Gasteiger partial charge in [-0.2, -0.15) is 0 Å². The van der Waals surface area contributed by atoms with Crippen LogP contribution in [0.5, 0.6) is 0 Å². The molecule has 2 rings (SSSR count).